The Labute approximate surface area is 293 Å². The van der Waals surface area contributed by atoms with Crippen LogP contribution in [0.3, 0.4) is 0 Å². The number of hydrogen-bond donors (Lipinski definition) is 5. The fourth-order valence-electron chi connectivity index (χ4n) is 6.58. The normalized spacial score (nSPS) is 18.3. The fourth-order valence-corrected chi connectivity index (χ4v) is 6.58. The highest BCUT2D eigenvalue weighted by atomic mass is 16.6. The van der Waals surface area contributed by atoms with E-state index in [0.717, 1.165) is 72.8 Å². The number of H-pyrrole nitrogens is 1. The van der Waals surface area contributed by atoms with Gasteiger partial charge in [-0.2, -0.15) is 15.4 Å². The molecule has 1 atom stereocenters. The van der Waals surface area contributed by atoms with Gasteiger partial charge in [0.2, 0.25) is 5.91 Å². The highest BCUT2D eigenvalue weighted by Crippen LogP contribution is 2.29. The highest BCUT2D eigenvalue weighted by Gasteiger charge is 2.26. The van der Waals surface area contributed by atoms with Crippen molar-refractivity contribution in [3.8, 4) is 11.1 Å². The van der Waals surface area contributed by atoms with E-state index in [1.165, 1.54) is 0 Å². The quantitative estimate of drug-likeness (QED) is 0.118. The number of carbonyl (C=O) groups excluding carboxylic acids is 3. The number of fused-ring (bicyclic) bond motifs is 1. The third kappa shape index (κ3) is 9.68. The molecule has 11 heteroatoms. The lowest BCUT2D eigenvalue weighted by molar-refractivity contribution is -0.118. The predicted octanol–water partition coefficient (Wildman–Crippen LogP) is 6.30. The minimum absolute atomic E-state index is 0.0153. The molecule has 1 heterocycles. The van der Waals surface area contributed by atoms with Crippen LogP contribution in [0.2, 0.25) is 0 Å². The topological polar surface area (TPSA) is 150 Å². The zero-order valence-electron chi connectivity index (χ0n) is 29.5. The van der Waals surface area contributed by atoms with Crippen LogP contribution in [-0.4, -0.2) is 64.1 Å². The van der Waals surface area contributed by atoms with Gasteiger partial charge in [0, 0.05) is 23.8 Å². The Bertz CT molecular complexity index is 1800. The smallest absolute Gasteiger partial charge is 0.407 e. The van der Waals surface area contributed by atoms with Crippen molar-refractivity contribution in [2.24, 2.45) is 11.8 Å². The Kier molecular flexibility index (Phi) is 10.8. The monoisotopic (exact) mass is 679 g/mol. The summed E-state index contributed by atoms with van der Waals surface area (Å²) in [4.78, 5) is 38.4. The SMILES string of the molecule is Cc1cc(C(=O)NC2CC2)ccc1-c1ccc(CC(NCC2CCC(CNC(=O)OC(C)(C)C)CC2)C(=O)Nc2ccc3n[nH]nc3c2)cc1. The van der Waals surface area contributed by atoms with E-state index in [1.807, 2.05) is 64.1 Å². The molecule has 2 aliphatic carbocycles. The zero-order valence-corrected chi connectivity index (χ0v) is 29.5. The molecule has 6 rings (SSSR count). The summed E-state index contributed by atoms with van der Waals surface area (Å²) in [5.74, 6) is 0.735. The van der Waals surface area contributed by atoms with Gasteiger partial charge in [0.15, 0.2) is 0 Å². The second kappa shape index (κ2) is 15.4. The van der Waals surface area contributed by atoms with E-state index in [1.54, 1.807) is 0 Å². The molecular formula is C39H49N7O4. The molecule has 3 aromatic carbocycles. The van der Waals surface area contributed by atoms with Crippen LogP contribution >= 0.6 is 0 Å². The first-order chi connectivity index (χ1) is 24.0. The summed E-state index contributed by atoms with van der Waals surface area (Å²) in [5, 5.41) is 23.5. The third-order valence-corrected chi connectivity index (χ3v) is 9.56. The average molecular weight is 680 g/mol. The van der Waals surface area contributed by atoms with Gasteiger partial charge in [-0.25, -0.2) is 4.79 Å². The van der Waals surface area contributed by atoms with Crippen molar-refractivity contribution in [1.29, 1.82) is 0 Å². The summed E-state index contributed by atoms with van der Waals surface area (Å²) in [6.07, 6.45) is 6.36. The Hall–Kier alpha value is -4.77. The van der Waals surface area contributed by atoms with Crippen LogP contribution in [0.1, 0.15) is 80.8 Å². The van der Waals surface area contributed by atoms with Gasteiger partial charge in [0.1, 0.15) is 16.6 Å². The molecule has 0 bridgehead atoms. The van der Waals surface area contributed by atoms with E-state index in [4.69, 9.17) is 4.74 Å². The van der Waals surface area contributed by atoms with Crippen LogP contribution in [0, 0.1) is 18.8 Å². The van der Waals surface area contributed by atoms with Gasteiger partial charge in [-0.1, -0.05) is 30.3 Å². The maximum Gasteiger partial charge on any atom is 0.407 e. The number of rotatable bonds is 12. The number of nitrogens with one attached hydrogen (secondary N) is 5. The molecule has 1 aromatic heterocycles. The van der Waals surface area contributed by atoms with E-state index in [9.17, 15) is 14.4 Å². The van der Waals surface area contributed by atoms with Crippen molar-refractivity contribution in [3.05, 3.63) is 77.4 Å². The number of aromatic nitrogens is 3. The maximum absolute atomic E-state index is 13.8. The summed E-state index contributed by atoms with van der Waals surface area (Å²) in [6, 6.07) is 19.5. The second-order valence-electron chi connectivity index (χ2n) is 14.9. The number of hydrogen-bond acceptors (Lipinski definition) is 7. The van der Waals surface area contributed by atoms with Crippen LogP contribution in [0.25, 0.3) is 22.2 Å². The van der Waals surface area contributed by atoms with Crippen molar-refractivity contribution in [1.82, 2.24) is 31.4 Å². The first kappa shape index (κ1) is 35.1. The lowest BCUT2D eigenvalue weighted by Gasteiger charge is -2.30. The van der Waals surface area contributed by atoms with Crippen LogP contribution in [-0.2, 0) is 16.0 Å². The summed E-state index contributed by atoms with van der Waals surface area (Å²) in [7, 11) is 0. The lowest BCUT2D eigenvalue weighted by Crippen LogP contribution is -2.44. The number of nitrogens with zero attached hydrogens (tertiary/aromatic N) is 2. The summed E-state index contributed by atoms with van der Waals surface area (Å²) in [5.41, 5.74) is 6.49. The molecule has 3 amide bonds. The Morgan fingerprint density at radius 1 is 0.860 bits per heavy atom. The number of amides is 3. The van der Waals surface area contributed by atoms with Crippen LogP contribution in [0.5, 0.6) is 0 Å². The lowest BCUT2D eigenvalue weighted by atomic mass is 9.82. The number of alkyl carbamates (subject to hydrolysis) is 1. The molecule has 2 aliphatic rings. The van der Waals surface area contributed by atoms with E-state index < -0.39 is 11.6 Å². The number of ether oxygens (including phenoxy) is 1. The maximum atomic E-state index is 13.8. The molecular weight excluding hydrogens is 630 g/mol. The molecule has 50 heavy (non-hydrogen) atoms. The number of carbonyl (C=O) groups is 3. The molecule has 11 nitrogen and oxygen atoms in total. The van der Waals surface area contributed by atoms with E-state index in [0.29, 0.717) is 47.6 Å². The van der Waals surface area contributed by atoms with Gasteiger partial charge in [0.05, 0.1) is 6.04 Å². The first-order valence-corrected chi connectivity index (χ1v) is 17.8. The number of aromatic amines is 1. The van der Waals surface area contributed by atoms with Gasteiger partial charge in [-0.15, -0.1) is 0 Å². The molecule has 264 valence electrons. The van der Waals surface area contributed by atoms with Crippen molar-refractivity contribution >= 4 is 34.6 Å². The fraction of sp³-hybridized carbons (Fsp3) is 0.462. The average Bonchev–Trinajstić information content (AvgIpc) is 3.78. The van der Waals surface area contributed by atoms with E-state index in [2.05, 4.69) is 60.9 Å². The van der Waals surface area contributed by atoms with Gasteiger partial charge in [0.25, 0.3) is 5.91 Å². The van der Waals surface area contributed by atoms with Gasteiger partial charge in [-0.05, 0) is 144 Å². The highest BCUT2D eigenvalue weighted by molar-refractivity contribution is 5.97. The summed E-state index contributed by atoms with van der Waals surface area (Å²) >= 11 is 0. The molecule has 2 saturated carbocycles. The van der Waals surface area contributed by atoms with Crippen LogP contribution < -0.4 is 21.3 Å². The van der Waals surface area contributed by atoms with Crippen molar-refractivity contribution in [3.63, 3.8) is 0 Å². The zero-order chi connectivity index (χ0) is 35.3. The molecule has 1 unspecified atom stereocenters. The molecule has 0 aliphatic heterocycles. The van der Waals surface area contributed by atoms with Crippen LogP contribution in [0.15, 0.2) is 60.7 Å². The molecule has 5 N–H and O–H groups in total. The molecule has 2 fully saturated rings. The molecule has 0 radical (unpaired) electrons. The summed E-state index contributed by atoms with van der Waals surface area (Å²) < 4.78 is 5.38. The van der Waals surface area contributed by atoms with E-state index in [-0.39, 0.29) is 17.9 Å². The standard InChI is InChI=1S/C39H49N7O4/c1-24-19-29(36(47)42-30-14-15-30)13-17-32(24)28-11-9-25(10-12-28)20-35(37(48)43-31-16-18-33-34(21-31)45-46-44-33)40-22-26-5-7-27(8-6-26)23-41-38(49)50-39(2,3)4/h9-13,16-19,21,26-27,30,35,40H,5-8,14-15,20,22-23H2,1-4H3,(H,41,49)(H,42,47)(H,43,48)(H,44,45,46). The minimum Gasteiger partial charge on any atom is -0.444 e. The van der Waals surface area contributed by atoms with Crippen molar-refractivity contribution < 1.29 is 19.1 Å². The van der Waals surface area contributed by atoms with Gasteiger partial charge < -0.3 is 26.0 Å². The van der Waals surface area contributed by atoms with Gasteiger partial charge in [-0.3, -0.25) is 9.59 Å². The summed E-state index contributed by atoms with van der Waals surface area (Å²) in [6.45, 7) is 8.96. The first-order valence-electron chi connectivity index (χ1n) is 17.8. The Morgan fingerprint density at radius 2 is 1.56 bits per heavy atom. The number of benzene rings is 3. The predicted molar refractivity (Wildman–Crippen MR) is 195 cm³/mol. The number of anilines is 1. The molecule has 0 saturated heterocycles. The van der Waals surface area contributed by atoms with Crippen molar-refractivity contribution in [2.45, 2.75) is 90.3 Å². The largest absolute Gasteiger partial charge is 0.444 e. The Balaban J connectivity index is 1.08. The van der Waals surface area contributed by atoms with Crippen molar-refractivity contribution in [2.75, 3.05) is 18.4 Å². The van der Waals surface area contributed by atoms with Gasteiger partial charge >= 0.3 is 6.09 Å². The van der Waals surface area contributed by atoms with E-state index >= 15 is 0 Å². The minimum atomic E-state index is -0.512. The second-order valence-corrected chi connectivity index (χ2v) is 14.9. The van der Waals surface area contributed by atoms with Crippen LogP contribution in [0.4, 0.5) is 10.5 Å². The third-order valence-electron chi connectivity index (χ3n) is 9.56. The molecule has 0 spiro atoms. The molecule has 4 aromatic rings. The number of aryl methyl sites for hydroxylation is 1. The Morgan fingerprint density at radius 3 is 2.24 bits per heavy atom.